The van der Waals surface area contributed by atoms with Crippen molar-refractivity contribution in [3.05, 3.63) is 119 Å². The fraction of sp³-hybridized carbons (Fsp3) is 0.100. The lowest BCUT2D eigenvalue weighted by atomic mass is 10.0. The normalized spacial score (nSPS) is 11.7. The van der Waals surface area contributed by atoms with E-state index in [4.69, 9.17) is 22.1 Å². The summed E-state index contributed by atoms with van der Waals surface area (Å²) in [5.74, 6) is 0.495. The van der Waals surface area contributed by atoms with Gasteiger partial charge in [0.25, 0.3) is 0 Å². The van der Waals surface area contributed by atoms with E-state index in [0.29, 0.717) is 44.4 Å². The van der Waals surface area contributed by atoms with Crippen LogP contribution < -0.4 is 21.1 Å². The van der Waals surface area contributed by atoms with Gasteiger partial charge in [-0.1, -0.05) is 54.1 Å². The number of rotatable bonds is 9. The average Bonchev–Trinajstić information content (AvgIpc) is 2.93. The van der Waals surface area contributed by atoms with E-state index in [1.54, 1.807) is 36.4 Å². The molecule has 1 amide bonds. The van der Waals surface area contributed by atoms with Crippen LogP contribution in [0.5, 0.6) is 5.75 Å². The van der Waals surface area contributed by atoms with Crippen LogP contribution in [0.15, 0.2) is 97.3 Å². The third-order valence-corrected chi connectivity index (χ3v) is 6.33. The molecule has 1 heterocycles. The summed E-state index contributed by atoms with van der Waals surface area (Å²) < 4.78 is 19.2. The number of amides is 1. The molecular formula is C30H25ClFN5O2. The lowest BCUT2D eigenvalue weighted by Gasteiger charge is -2.14. The predicted molar refractivity (Wildman–Crippen MR) is 152 cm³/mol. The van der Waals surface area contributed by atoms with Crippen molar-refractivity contribution in [2.45, 2.75) is 19.1 Å². The summed E-state index contributed by atoms with van der Waals surface area (Å²) in [5.41, 5.74) is 9.78. The van der Waals surface area contributed by atoms with Crippen molar-refractivity contribution < 1.29 is 13.9 Å². The third-order valence-electron chi connectivity index (χ3n) is 6.03. The number of aromatic nitrogens is 2. The number of benzene rings is 4. The summed E-state index contributed by atoms with van der Waals surface area (Å²) in [6, 6.07) is 26.0. The molecule has 0 bridgehead atoms. The highest BCUT2D eigenvalue weighted by Crippen LogP contribution is 2.31. The molecule has 4 N–H and O–H groups in total. The fourth-order valence-corrected chi connectivity index (χ4v) is 4.32. The molecule has 5 aromatic rings. The first-order valence-electron chi connectivity index (χ1n) is 12.2. The second-order valence-electron chi connectivity index (χ2n) is 8.91. The summed E-state index contributed by atoms with van der Waals surface area (Å²) in [6.07, 6.45) is 1.60. The van der Waals surface area contributed by atoms with E-state index < -0.39 is 6.04 Å². The number of anilines is 3. The molecule has 0 aliphatic carbocycles. The summed E-state index contributed by atoms with van der Waals surface area (Å²) >= 11 is 6.45. The van der Waals surface area contributed by atoms with E-state index in [2.05, 4.69) is 20.6 Å². The number of hydrogen-bond donors (Lipinski definition) is 3. The molecule has 0 spiro atoms. The SMILES string of the molecule is NC(CC(=O)Nc1ccc2ncnc(Nc3ccc(OCc4cccc(F)c4)c(Cl)c3)c2c1)c1ccccc1. The van der Waals surface area contributed by atoms with Crippen LogP contribution in [0, 0.1) is 5.82 Å². The molecule has 0 saturated carbocycles. The predicted octanol–water partition coefficient (Wildman–Crippen LogP) is 6.77. The van der Waals surface area contributed by atoms with Crippen LogP contribution in [0.1, 0.15) is 23.6 Å². The topological polar surface area (TPSA) is 102 Å². The van der Waals surface area contributed by atoms with Crippen molar-refractivity contribution in [3.8, 4) is 5.75 Å². The van der Waals surface area contributed by atoms with E-state index in [-0.39, 0.29) is 24.8 Å². The van der Waals surface area contributed by atoms with Gasteiger partial charge in [0.15, 0.2) is 0 Å². The molecule has 0 fully saturated rings. The number of nitrogens with zero attached hydrogens (tertiary/aromatic N) is 2. The van der Waals surface area contributed by atoms with Crippen molar-refractivity contribution in [2.75, 3.05) is 10.6 Å². The van der Waals surface area contributed by atoms with Crippen LogP contribution in [-0.2, 0) is 11.4 Å². The number of carbonyl (C=O) groups is 1. The summed E-state index contributed by atoms with van der Waals surface area (Å²) in [6.45, 7) is 0.186. The standard InChI is InChI=1S/C30H25ClFN5O2/c31-25-15-23(10-12-28(25)39-17-19-5-4-8-21(32)13-19)37-30-24-14-22(9-11-27(24)34-18-35-30)36-29(38)16-26(33)20-6-2-1-3-7-20/h1-15,18,26H,16-17,33H2,(H,36,38)(H,34,35,37). The molecule has 0 aliphatic heterocycles. The molecule has 196 valence electrons. The van der Waals surface area contributed by atoms with Gasteiger partial charge in [0, 0.05) is 29.2 Å². The number of nitrogens with one attached hydrogen (secondary N) is 2. The van der Waals surface area contributed by atoms with Crippen molar-refractivity contribution in [1.82, 2.24) is 9.97 Å². The number of halogens is 2. The second-order valence-corrected chi connectivity index (χ2v) is 9.32. The molecule has 4 aromatic carbocycles. The lowest BCUT2D eigenvalue weighted by molar-refractivity contribution is -0.116. The first kappa shape index (κ1) is 26.1. The Labute approximate surface area is 229 Å². The Morgan fingerprint density at radius 1 is 0.949 bits per heavy atom. The van der Waals surface area contributed by atoms with Gasteiger partial charge in [0.2, 0.25) is 5.91 Å². The molecule has 0 radical (unpaired) electrons. The molecule has 9 heteroatoms. The van der Waals surface area contributed by atoms with E-state index in [9.17, 15) is 9.18 Å². The minimum Gasteiger partial charge on any atom is -0.487 e. The zero-order valence-corrected chi connectivity index (χ0v) is 21.5. The Kier molecular flexibility index (Phi) is 7.96. The van der Waals surface area contributed by atoms with Gasteiger partial charge in [0.1, 0.15) is 30.3 Å². The zero-order chi connectivity index (χ0) is 27.2. The van der Waals surface area contributed by atoms with Gasteiger partial charge in [-0.2, -0.15) is 0 Å². The van der Waals surface area contributed by atoms with Crippen LogP contribution >= 0.6 is 11.6 Å². The maximum atomic E-state index is 13.4. The van der Waals surface area contributed by atoms with E-state index in [1.807, 2.05) is 42.5 Å². The summed E-state index contributed by atoms with van der Waals surface area (Å²) in [4.78, 5) is 21.4. The largest absolute Gasteiger partial charge is 0.487 e. The number of carbonyl (C=O) groups excluding carboxylic acids is 1. The highest BCUT2D eigenvalue weighted by atomic mass is 35.5. The quantitative estimate of drug-likeness (QED) is 0.190. The molecule has 1 unspecified atom stereocenters. The van der Waals surface area contributed by atoms with Gasteiger partial charge in [-0.15, -0.1) is 0 Å². The van der Waals surface area contributed by atoms with Crippen LogP contribution in [0.25, 0.3) is 10.9 Å². The fourth-order valence-electron chi connectivity index (χ4n) is 4.08. The Hall–Kier alpha value is -4.53. The number of hydrogen-bond acceptors (Lipinski definition) is 6. The summed E-state index contributed by atoms with van der Waals surface area (Å²) in [5, 5.41) is 7.27. The zero-order valence-electron chi connectivity index (χ0n) is 20.8. The lowest BCUT2D eigenvalue weighted by Crippen LogP contribution is -2.20. The molecule has 1 atom stereocenters. The van der Waals surface area contributed by atoms with Gasteiger partial charge >= 0.3 is 0 Å². The maximum absolute atomic E-state index is 13.4. The first-order valence-corrected chi connectivity index (χ1v) is 12.6. The van der Waals surface area contributed by atoms with Crippen LogP contribution in [0.4, 0.5) is 21.6 Å². The van der Waals surface area contributed by atoms with Crippen LogP contribution in [-0.4, -0.2) is 15.9 Å². The Bertz CT molecular complexity index is 1620. The molecule has 7 nitrogen and oxygen atoms in total. The van der Waals surface area contributed by atoms with Crippen molar-refractivity contribution >= 4 is 45.6 Å². The Morgan fingerprint density at radius 3 is 2.56 bits per heavy atom. The van der Waals surface area contributed by atoms with Gasteiger partial charge in [-0.05, 0) is 59.7 Å². The second kappa shape index (κ2) is 11.9. The molecule has 0 aliphatic rings. The van der Waals surface area contributed by atoms with Crippen molar-refractivity contribution in [2.24, 2.45) is 5.73 Å². The Morgan fingerprint density at radius 2 is 1.77 bits per heavy atom. The molecule has 39 heavy (non-hydrogen) atoms. The van der Waals surface area contributed by atoms with Gasteiger partial charge in [-0.25, -0.2) is 14.4 Å². The smallest absolute Gasteiger partial charge is 0.226 e. The number of ether oxygens (including phenoxy) is 1. The van der Waals surface area contributed by atoms with Gasteiger partial charge < -0.3 is 21.1 Å². The van der Waals surface area contributed by atoms with E-state index in [1.165, 1.54) is 18.5 Å². The highest BCUT2D eigenvalue weighted by Gasteiger charge is 2.13. The van der Waals surface area contributed by atoms with Gasteiger partial charge in [0.05, 0.1) is 10.5 Å². The van der Waals surface area contributed by atoms with Crippen LogP contribution in [0.2, 0.25) is 5.02 Å². The maximum Gasteiger partial charge on any atom is 0.226 e. The minimum absolute atomic E-state index is 0.143. The summed E-state index contributed by atoms with van der Waals surface area (Å²) in [7, 11) is 0. The first-order chi connectivity index (χ1) is 18.9. The van der Waals surface area contributed by atoms with Crippen LogP contribution in [0.3, 0.4) is 0 Å². The van der Waals surface area contributed by atoms with E-state index in [0.717, 1.165) is 5.56 Å². The number of nitrogens with two attached hydrogens (primary N) is 1. The van der Waals surface area contributed by atoms with Crippen molar-refractivity contribution in [3.63, 3.8) is 0 Å². The van der Waals surface area contributed by atoms with Crippen molar-refractivity contribution in [1.29, 1.82) is 0 Å². The monoisotopic (exact) mass is 541 g/mol. The van der Waals surface area contributed by atoms with E-state index >= 15 is 0 Å². The highest BCUT2D eigenvalue weighted by molar-refractivity contribution is 6.32. The minimum atomic E-state index is -0.405. The third kappa shape index (κ3) is 6.67. The molecule has 5 rings (SSSR count). The molecule has 1 aromatic heterocycles. The van der Waals surface area contributed by atoms with Gasteiger partial charge in [-0.3, -0.25) is 4.79 Å². The molecular weight excluding hydrogens is 517 g/mol. The Balaban J connectivity index is 1.28. The number of fused-ring (bicyclic) bond motifs is 1. The molecule has 0 saturated heterocycles. The average molecular weight is 542 g/mol.